The zero-order valence-corrected chi connectivity index (χ0v) is 20.8. The molecule has 8 heteroatoms. The number of likely N-dealkylation sites (tertiary alicyclic amines) is 1. The van der Waals surface area contributed by atoms with E-state index < -0.39 is 11.8 Å². The Morgan fingerprint density at radius 2 is 1.75 bits per heavy atom. The van der Waals surface area contributed by atoms with Gasteiger partial charge in [0.25, 0.3) is 11.8 Å². The monoisotopic (exact) mass is 502 g/mol. The average molecular weight is 503 g/mol. The van der Waals surface area contributed by atoms with E-state index in [1.54, 1.807) is 6.07 Å². The number of nitrogens with zero attached hydrogens (tertiary/aromatic N) is 2. The Labute approximate surface area is 213 Å². The Morgan fingerprint density at radius 3 is 2.53 bits per heavy atom. The number of rotatable bonds is 6. The van der Waals surface area contributed by atoms with E-state index >= 15 is 0 Å². The first kappa shape index (κ1) is 22.9. The Bertz CT molecular complexity index is 1550. The van der Waals surface area contributed by atoms with Gasteiger partial charge in [0.15, 0.2) is 0 Å². The van der Waals surface area contributed by atoms with Crippen LogP contribution in [0.2, 0.25) is 5.02 Å². The molecule has 1 aromatic heterocycles. The number of ether oxygens (including phenoxy) is 1. The Kier molecular flexibility index (Phi) is 5.62. The van der Waals surface area contributed by atoms with Crippen molar-refractivity contribution in [1.82, 2.24) is 14.8 Å². The topological polar surface area (TPSA) is 89.6 Å². The van der Waals surface area contributed by atoms with Gasteiger partial charge in [-0.3, -0.25) is 14.9 Å². The number of imide groups is 1. The third-order valence-electron chi connectivity index (χ3n) is 7.35. The largest absolute Gasteiger partial charge is 0.491 e. The molecule has 3 heterocycles. The Balaban J connectivity index is 1.46. The lowest BCUT2D eigenvalue weighted by Crippen LogP contribution is -2.22. The van der Waals surface area contributed by atoms with Gasteiger partial charge < -0.3 is 19.9 Å². The molecule has 0 saturated carbocycles. The van der Waals surface area contributed by atoms with Crippen molar-refractivity contribution in [3.8, 4) is 16.9 Å². The van der Waals surface area contributed by atoms with Crippen LogP contribution in [0.3, 0.4) is 0 Å². The van der Waals surface area contributed by atoms with E-state index in [4.69, 9.17) is 22.1 Å². The molecular weight excluding hydrogens is 476 g/mol. The van der Waals surface area contributed by atoms with E-state index in [1.165, 1.54) is 25.9 Å². The molecule has 36 heavy (non-hydrogen) atoms. The van der Waals surface area contributed by atoms with E-state index in [1.807, 2.05) is 48.0 Å². The van der Waals surface area contributed by atoms with Crippen molar-refractivity contribution >= 4 is 50.9 Å². The molecule has 0 bridgehead atoms. The van der Waals surface area contributed by atoms with Crippen LogP contribution in [0.15, 0.2) is 42.5 Å². The van der Waals surface area contributed by atoms with Gasteiger partial charge in [0, 0.05) is 41.0 Å². The summed E-state index contributed by atoms with van der Waals surface area (Å²) in [7, 11) is 1.94. The second kappa shape index (κ2) is 8.84. The van der Waals surface area contributed by atoms with Crippen LogP contribution in [-0.4, -0.2) is 47.5 Å². The molecule has 7 nitrogen and oxygen atoms in total. The van der Waals surface area contributed by atoms with Crippen LogP contribution in [0.1, 0.15) is 40.0 Å². The van der Waals surface area contributed by atoms with Crippen molar-refractivity contribution < 1.29 is 14.3 Å². The summed E-state index contributed by atoms with van der Waals surface area (Å²) in [5, 5.41) is 4.49. The predicted octanol–water partition coefficient (Wildman–Crippen LogP) is 4.98. The van der Waals surface area contributed by atoms with Gasteiger partial charge in [-0.1, -0.05) is 29.8 Å². The SMILES string of the molecule is Cn1c2cc(OCCCN3CCCC3)c(N)cc2c2c3c(c(-c4ccccc4Cl)cc21)C(=O)NC3=O. The maximum absolute atomic E-state index is 13.0. The molecule has 184 valence electrons. The van der Waals surface area contributed by atoms with Gasteiger partial charge in [-0.15, -0.1) is 0 Å². The number of aryl methyl sites for hydroxylation is 1. The lowest BCUT2D eigenvalue weighted by atomic mass is 9.93. The van der Waals surface area contributed by atoms with Crippen LogP contribution in [0, 0.1) is 0 Å². The number of anilines is 1. The highest BCUT2D eigenvalue weighted by molar-refractivity contribution is 6.36. The van der Waals surface area contributed by atoms with E-state index in [9.17, 15) is 9.59 Å². The highest BCUT2D eigenvalue weighted by Crippen LogP contribution is 2.43. The lowest BCUT2D eigenvalue weighted by molar-refractivity contribution is 0.0880. The summed E-state index contributed by atoms with van der Waals surface area (Å²) in [5.41, 5.74) is 10.6. The van der Waals surface area contributed by atoms with Crippen molar-refractivity contribution in [2.45, 2.75) is 19.3 Å². The predicted molar refractivity (Wildman–Crippen MR) is 143 cm³/mol. The van der Waals surface area contributed by atoms with Crippen LogP contribution in [0.5, 0.6) is 5.75 Å². The van der Waals surface area contributed by atoms with Crippen LogP contribution < -0.4 is 15.8 Å². The number of nitrogens with one attached hydrogen (secondary N) is 1. The normalized spacial score (nSPS) is 15.7. The molecule has 1 fully saturated rings. The molecule has 0 atom stereocenters. The van der Waals surface area contributed by atoms with E-state index in [2.05, 4.69) is 10.2 Å². The number of hydrogen-bond acceptors (Lipinski definition) is 5. The van der Waals surface area contributed by atoms with Gasteiger partial charge in [0.1, 0.15) is 5.75 Å². The molecule has 2 aliphatic heterocycles. The number of nitrogens with two attached hydrogens (primary N) is 1. The van der Waals surface area contributed by atoms with Gasteiger partial charge in [-0.05, 0) is 56.1 Å². The maximum Gasteiger partial charge on any atom is 0.259 e. The molecule has 2 amide bonds. The zero-order valence-electron chi connectivity index (χ0n) is 20.1. The molecule has 1 saturated heterocycles. The highest BCUT2D eigenvalue weighted by Gasteiger charge is 2.34. The van der Waals surface area contributed by atoms with Gasteiger partial charge in [-0.2, -0.15) is 0 Å². The fourth-order valence-corrected chi connectivity index (χ4v) is 5.82. The fraction of sp³-hybridized carbons (Fsp3) is 0.286. The van der Waals surface area contributed by atoms with Gasteiger partial charge >= 0.3 is 0 Å². The van der Waals surface area contributed by atoms with E-state index in [-0.39, 0.29) is 0 Å². The second-order valence-electron chi connectivity index (χ2n) is 9.55. The number of aromatic nitrogens is 1. The van der Waals surface area contributed by atoms with E-state index in [0.717, 1.165) is 29.4 Å². The molecule has 6 rings (SSSR count). The number of benzene rings is 3. The summed E-state index contributed by atoms with van der Waals surface area (Å²) in [5.74, 6) is -0.213. The molecule has 0 unspecified atom stereocenters. The number of amides is 2. The van der Waals surface area contributed by atoms with Crippen molar-refractivity contribution in [3.05, 3.63) is 58.6 Å². The minimum atomic E-state index is -0.422. The molecular formula is C28H27ClN4O3. The molecule has 2 aliphatic rings. The smallest absolute Gasteiger partial charge is 0.259 e. The van der Waals surface area contributed by atoms with E-state index in [0.29, 0.717) is 50.7 Å². The third kappa shape index (κ3) is 3.62. The van der Waals surface area contributed by atoms with Crippen LogP contribution in [0.4, 0.5) is 5.69 Å². The molecule has 0 spiro atoms. The van der Waals surface area contributed by atoms with Gasteiger partial charge in [0.05, 0.1) is 34.5 Å². The first-order valence-corrected chi connectivity index (χ1v) is 12.7. The van der Waals surface area contributed by atoms with Gasteiger partial charge in [0.2, 0.25) is 0 Å². The molecule has 4 aromatic rings. The van der Waals surface area contributed by atoms with Crippen molar-refractivity contribution in [1.29, 1.82) is 0 Å². The average Bonchev–Trinajstić information content (AvgIpc) is 3.55. The zero-order chi connectivity index (χ0) is 25.0. The number of halogens is 1. The quantitative estimate of drug-likeness (QED) is 0.220. The van der Waals surface area contributed by atoms with Crippen molar-refractivity contribution in [3.63, 3.8) is 0 Å². The summed E-state index contributed by atoms with van der Waals surface area (Å²) in [4.78, 5) is 28.4. The first-order valence-electron chi connectivity index (χ1n) is 12.3. The number of hydrogen-bond donors (Lipinski definition) is 2. The minimum Gasteiger partial charge on any atom is -0.491 e. The number of nitrogen functional groups attached to an aromatic ring is 1. The number of carbonyl (C=O) groups is 2. The standard InChI is InChI=1S/C28H27ClN4O3/c1-32-21-15-23(36-12-6-11-33-9-4-5-10-33)20(30)13-18(21)24-22(32)14-17(16-7-2-3-8-19(16)29)25-26(24)28(35)31-27(25)34/h2-3,7-8,13-15H,4-6,9-12,30H2,1H3,(H,31,34,35). The molecule has 0 radical (unpaired) electrons. The lowest BCUT2D eigenvalue weighted by Gasteiger charge is -2.15. The van der Waals surface area contributed by atoms with Crippen molar-refractivity contribution in [2.24, 2.45) is 7.05 Å². The Hall–Kier alpha value is -3.55. The third-order valence-corrected chi connectivity index (χ3v) is 7.68. The fourth-order valence-electron chi connectivity index (χ4n) is 5.58. The number of carbonyl (C=O) groups excluding carboxylic acids is 2. The minimum absolute atomic E-state index is 0.342. The second-order valence-corrected chi connectivity index (χ2v) is 9.96. The summed E-state index contributed by atoms with van der Waals surface area (Å²) in [6.07, 6.45) is 3.48. The Morgan fingerprint density at radius 1 is 1.00 bits per heavy atom. The summed E-state index contributed by atoms with van der Waals surface area (Å²) >= 11 is 6.50. The highest BCUT2D eigenvalue weighted by atomic mass is 35.5. The number of fused-ring (bicyclic) bond motifs is 5. The molecule has 3 N–H and O–H groups in total. The first-order chi connectivity index (χ1) is 17.4. The van der Waals surface area contributed by atoms with Crippen LogP contribution in [-0.2, 0) is 7.05 Å². The molecule has 3 aromatic carbocycles. The van der Waals surface area contributed by atoms with Crippen LogP contribution >= 0.6 is 11.6 Å². The molecule has 0 aliphatic carbocycles. The summed E-state index contributed by atoms with van der Waals surface area (Å²) in [6.45, 7) is 3.94. The summed E-state index contributed by atoms with van der Waals surface area (Å²) < 4.78 is 8.09. The van der Waals surface area contributed by atoms with Crippen molar-refractivity contribution in [2.75, 3.05) is 32.0 Å². The van der Waals surface area contributed by atoms with Gasteiger partial charge in [-0.25, -0.2) is 0 Å². The van der Waals surface area contributed by atoms with Crippen LogP contribution in [0.25, 0.3) is 32.9 Å². The maximum atomic E-state index is 13.0. The summed E-state index contributed by atoms with van der Waals surface area (Å²) in [6, 6.07) is 13.0.